The van der Waals surface area contributed by atoms with Crippen LogP contribution in [0.15, 0.2) is 29.2 Å². The Bertz CT molecular complexity index is 457. The van der Waals surface area contributed by atoms with Gasteiger partial charge in [-0.25, -0.2) is 8.42 Å². The van der Waals surface area contributed by atoms with Crippen LogP contribution in [0.4, 0.5) is 0 Å². The molecule has 16 heavy (non-hydrogen) atoms. The summed E-state index contributed by atoms with van der Waals surface area (Å²) in [6, 6.07) is 7.51. The quantitative estimate of drug-likeness (QED) is 0.810. The van der Waals surface area contributed by atoms with Crippen molar-refractivity contribution in [3.63, 3.8) is 0 Å². The molecule has 0 aliphatic heterocycles. The van der Waals surface area contributed by atoms with Crippen molar-refractivity contribution in [2.45, 2.75) is 43.4 Å². The van der Waals surface area contributed by atoms with Crippen molar-refractivity contribution in [3.8, 4) is 0 Å². The van der Waals surface area contributed by atoms with Crippen LogP contribution in [-0.4, -0.2) is 14.2 Å². The first-order valence-electron chi connectivity index (χ1n) is 5.97. The SMILES string of the molecule is CCS(=O)(=O)c1ccccc1C1CCCC1. The molecule has 3 heteroatoms. The number of benzene rings is 1. The first kappa shape index (κ1) is 11.6. The monoisotopic (exact) mass is 238 g/mol. The van der Waals surface area contributed by atoms with E-state index in [2.05, 4.69) is 0 Å². The molecule has 0 unspecified atom stereocenters. The van der Waals surface area contributed by atoms with Gasteiger partial charge in [0.05, 0.1) is 10.6 Å². The maximum absolute atomic E-state index is 12.0. The number of hydrogen-bond donors (Lipinski definition) is 0. The van der Waals surface area contributed by atoms with Gasteiger partial charge in [-0.1, -0.05) is 38.0 Å². The topological polar surface area (TPSA) is 34.1 Å². The van der Waals surface area contributed by atoms with E-state index in [1.807, 2.05) is 18.2 Å². The first-order valence-corrected chi connectivity index (χ1v) is 7.62. The molecule has 0 atom stereocenters. The zero-order valence-electron chi connectivity index (χ0n) is 9.65. The number of sulfone groups is 1. The van der Waals surface area contributed by atoms with E-state index in [1.165, 1.54) is 12.8 Å². The van der Waals surface area contributed by atoms with Crippen LogP contribution in [0.5, 0.6) is 0 Å². The predicted molar refractivity (Wildman–Crippen MR) is 65.4 cm³/mol. The zero-order valence-corrected chi connectivity index (χ0v) is 10.5. The van der Waals surface area contributed by atoms with Gasteiger partial charge < -0.3 is 0 Å². The summed E-state index contributed by atoms with van der Waals surface area (Å²) in [5, 5.41) is 0. The third-order valence-electron chi connectivity index (χ3n) is 3.43. The molecular formula is C13H18O2S. The smallest absolute Gasteiger partial charge is 0.178 e. The molecular weight excluding hydrogens is 220 g/mol. The molecule has 0 radical (unpaired) electrons. The van der Waals surface area contributed by atoms with Crippen LogP contribution in [0.25, 0.3) is 0 Å². The molecule has 0 saturated heterocycles. The Hall–Kier alpha value is -0.830. The second-order valence-corrected chi connectivity index (χ2v) is 6.67. The summed E-state index contributed by atoms with van der Waals surface area (Å²) in [6.45, 7) is 1.71. The van der Waals surface area contributed by atoms with Crippen molar-refractivity contribution in [1.82, 2.24) is 0 Å². The summed E-state index contributed by atoms with van der Waals surface area (Å²) in [7, 11) is -3.07. The van der Waals surface area contributed by atoms with E-state index < -0.39 is 9.84 Å². The molecule has 88 valence electrons. The minimum Gasteiger partial charge on any atom is -0.224 e. The number of rotatable bonds is 3. The Morgan fingerprint density at radius 1 is 1.19 bits per heavy atom. The highest BCUT2D eigenvalue weighted by Crippen LogP contribution is 2.37. The summed E-state index contributed by atoms with van der Waals surface area (Å²) in [4.78, 5) is 0.560. The lowest BCUT2D eigenvalue weighted by molar-refractivity contribution is 0.593. The highest BCUT2D eigenvalue weighted by molar-refractivity contribution is 7.91. The van der Waals surface area contributed by atoms with Crippen molar-refractivity contribution in [1.29, 1.82) is 0 Å². The summed E-state index contributed by atoms with van der Waals surface area (Å²) in [5.74, 6) is 0.647. The van der Waals surface area contributed by atoms with Gasteiger partial charge >= 0.3 is 0 Å². The van der Waals surface area contributed by atoms with Crippen molar-refractivity contribution < 1.29 is 8.42 Å². The highest BCUT2D eigenvalue weighted by Gasteiger charge is 2.24. The lowest BCUT2D eigenvalue weighted by Crippen LogP contribution is -2.08. The lowest BCUT2D eigenvalue weighted by atomic mass is 9.98. The van der Waals surface area contributed by atoms with Gasteiger partial charge in [-0.15, -0.1) is 0 Å². The fourth-order valence-electron chi connectivity index (χ4n) is 2.49. The third kappa shape index (κ3) is 2.14. The van der Waals surface area contributed by atoms with Crippen molar-refractivity contribution in [2.75, 3.05) is 5.75 Å². The first-order chi connectivity index (χ1) is 7.65. The summed E-state index contributed by atoms with van der Waals surface area (Å²) >= 11 is 0. The minimum atomic E-state index is -3.07. The Morgan fingerprint density at radius 3 is 2.44 bits per heavy atom. The molecule has 1 aromatic carbocycles. The standard InChI is InChI=1S/C13H18O2S/c1-2-16(14,15)13-10-6-5-9-12(13)11-7-3-4-8-11/h5-6,9-11H,2-4,7-8H2,1H3. The third-order valence-corrected chi connectivity index (χ3v) is 5.23. The average molecular weight is 238 g/mol. The average Bonchev–Trinajstić information content (AvgIpc) is 2.82. The van der Waals surface area contributed by atoms with E-state index >= 15 is 0 Å². The zero-order chi connectivity index (χ0) is 11.6. The normalized spacial score (nSPS) is 17.8. The number of hydrogen-bond acceptors (Lipinski definition) is 2. The summed E-state index contributed by atoms with van der Waals surface area (Å²) in [6.07, 6.45) is 4.73. The second-order valence-electron chi connectivity index (χ2n) is 4.42. The maximum atomic E-state index is 12.0. The lowest BCUT2D eigenvalue weighted by Gasteiger charge is -2.14. The van der Waals surface area contributed by atoms with E-state index in [0.29, 0.717) is 10.8 Å². The molecule has 2 nitrogen and oxygen atoms in total. The molecule has 1 aliphatic rings. The van der Waals surface area contributed by atoms with Gasteiger partial charge in [-0.3, -0.25) is 0 Å². The predicted octanol–water partition coefficient (Wildman–Crippen LogP) is 3.14. The fraction of sp³-hybridized carbons (Fsp3) is 0.538. The van der Waals surface area contributed by atoms with E-state index in [-0.39, 0.29) is 5.75 Å². The van der Waals surface area contributed by atoms with Crippen LogP contribution in [0.1, 0.15) is 44.1 Å². The van der Waals surface area contributed by atoms with Gasteiger partial charge in [0.15, 0.2) is 9.84 Å². The largest absolute Gasteiger partial charge is 0.224 e. The molecule has 1 aromatic rings. The van der Waals surface area contributed by atoms with Crippen molar-refractivity contribution in [2.24, 2.45) is 0 Å². The molecule has 0 heterocycles. The molecule has 1 fully saturated rings. The van der Waals surface area contributed by atoms with Gasteiger partial charge in [0.1, 0.15) is 0 Å². The molecule has 0 amide bonds. The second kappa shape index (κ2) is 4.58. The minimum absolute atomic E-state index is 0.191. The molecule has 2 rings (SSSR count). The van der Waals surface area contributed by atoms with E-state index in [1.54, 1.807) is 13.0 Å². The van der Waals surface area contributed by atoms with E-state index in [0.717, 1.165) is 18.4 Å². The van der Waals surface area contributed by atoms with Gasteiger partial charge in [0.2, 0.25) is 0 Å². The van der Waals surface area contributed by atoms with Crippen LogP contribution < -0.4 is 0 Å². The van der Waals surface area contributed by atoms with Gasteiger partial charge in [-0.05, 0) is 30.4 Å². The van der Waals surface area contributed by atoms with Crippen LogP contribution in [0.2, 0.25) is 0 Å². The maximum Gasteiger partial charge on any atom is 0.178 e. The Labute approximate surface area is 97.6 Å². The molecule has 0 aromatic heterocycles. The van der Waals surface area contributed by atoms with Crippen LogP contribution in [-0.2, 0) is 9.84 Å². The molecule has 1 aliphatic carbocycles. The fourth-order valence-corrected chi connectivity index (χ4v) is 3.68. The molecule has 0 spiro atoms. The van der Waals surface area contributed by atoms with Crippen molar-refractivity contribution >= 4 is 9.84 Å². The van der Waals surface area contributed by atoms with E-state index in [4.69, 9.17) is 0 Å². The van der Waals surface area contributed by atoms with Gasteiger partial charge in [-0.2, -0.15) is 0 Å². The van der Waals surface area contributed by atoms with Crippen LogP contribution in [0, 0.1) is 0 Å². The van der Waals surface area contributed by atoms with Crippen LogP contribution in [0.3, 0.4) is 0 Å². The summed E-state index contributed by atoms with van der Waals surface area (Å²) in [5.41, 5.74) is 1.04. The van der Waals surface area contributed by atoms with Gasteiger partial charge in [0.25, 0.3) is 0 Å². The Kier molecular flexibility index (Phi) is 3.33. The molecule has 0 bridgehead atoms. The molecule has 1 saturated carbocycles. The summed E-state index contributed by atoms with van der Waals surface area (Å²) < 4.78 is 24.0. The van der Waals surface area contributed by atoms with Crippen LogP contribution >= 0.6 is 0 Å². The Morgan fingerprint density at radius 2 is 1.81 bits per heavy atom. The van der Waals surface area contributed by atoms with E-state index in [9.17, 15) is 8.42 Å². The van der Waals surface area contributed by atoms with Crippen molar-refractivity contribution in [3.05, 3.63) is 29.8 Å². The van der Waals surface area contributed by atoms with Gasteiger partial charge in [0, 0.05) is 0 Å². The highest BCUT2D eigenvalue weighted by atomic mass is 32.2. The molecule has 0 N–H and O–H groups in total. The Balaban J connectivity index is 2.45.